The van der Waals surface area contributed by atoms with Crippen molar-refractivity contribution in [3.63, 3.8) is 0 Å². The van der Waals surface area contributed by atoms with Crippen molar-refractivity contribution in [2.45, 2.75) is 11.8 Å². The van der Waals surface area contributed by atoms with Crippen molar-refractivity contribution in [2.24, 2.45) is 0 Å². The number of hydrogen-bond donors (Lipinski definition) is 0. The lowest BCUT2D eigenvalue weighted by Gasteiger charge is -2.14. The maximum absolute atomic E-state index is 13.3. The molecule has 0 heterocycles. The van der Waals surface area contributed by atoms with Gasteiger partial charge in [-0.15, -0.1) is 0 Å². The van der Waals surface area contributed by atoms with Gasteiger partial charge >= 0.3 is 0 Å². The molecule has 2 rings (SSSR count). The van der Waals surface area contributed by atoms with Gasteiger partial charge in [0.05, 0.1) is 4.83 Å². The molecule has 0 nitrogen and oxygen atoms in total. The maximum Gasteiger partial charge on any atom is 0.160 e. The minimum Gasteiger partial charge on any atom is -0.204 e. The SMILES string of the molecule is Cc1ccc(C(Br)c2cc(F)c(F)cc2Cl)cc1Cl. The highest BCUT2D eigenvalue weighted by Gasteiger charge is 2.17. The highest BCUT2D eigenvalue weighted by Crippen LogP contribution is 2.37. The lowest BCUT2D eigenvalue weighted by atomic mass is 10.0. The van der Waals surface area contributed by atoms with Crippen LogP contribution in [0.5, 0.6) is 0 Å². The second-order valence-electron chi connectivity index (χ2n) is 4.16. The van der Waals surface area contributed by atoms with Crippen LogP contribution in [0.4, 0.5) is 8.78 Å². The molecule has 19 heavy (non-hydrogen) atoms. The molecule has 0 bridgehead atoms. The van der Waals surface area contributed by atoms with Gasteiger partial charge < -0.3 is 0 Å². The smallest absolute Gasteiger partial charge is 0.160 e. The molecule has 0 saturated carbocycles. The van der Waals surface area contributed by atoms with E-state index in [4.69, 9.17) is 23.2 Å². The van der Waals surface area contributed by atoms with E-state index in [0.717, 1.165) is 23.3 Å². The Morgan fingerprint density at radius 2 is 1.63 bits per heavy atom. The molecule has 0 aliphatic rings. The van der Waals surface area contributed by atoms with Gasteiger partial charge in [-0.3, -0.25) is 0 Å². The number of benzene rings is 2. The summed E-state index contributed by atoms with van der Waals surface area (Å²) >= 11 is 15.4. The van der Waals surface area contributed by atoms with Crippen molar-refractivity contribution >= 4 is 39.1 Å². The Labute approximate surface area is 128 Å². The minimum absolute atomic E-state index is 0.164. The van der Waals surface area contributed by atoms with Crippen LogP contribution in [-0.4, -0.2) is 0 Å². The summed E-state index contributed by atoms with van der Waals surface area (Å²) in [5, 5.41) is 0.776. The summed E-state index contributed by atoms with van der Waals surface area (Å²) in [5.41, 5.74) is 2.23. The Hall–Kier alpha value is -0.640. The summed E-state index contributed by atoms with van der Waals surface area (Å²) in [6, 6.07) is 7.55. The number of aryl methyl sites for hydroxylation is 1. The predicted octanol–water partition coefficient (Wildman–Crippen LogP) is 6.06. The first kappa shape index (κ1) is 14.8. The molecule has 1 atom stereocenters. The van der Waals surface area contributed by atoms with E-state index in [0.29, 0.717) is 10.6 Å². The minimum atomic E-state index is -0.963. The standard InChI is InChI=1S/C14H9BrCl2F2/c1-7-2-3-8(4-10(7)16)14(15)9-5-12(18)13(19)6-11(9)17/h2-6,14H,1H3. The van der Waals surface area contributed by atoms with Crippen molar-refractivity contribution in [1.82, 2.24) is 0 Å². The van der Waals surface area contributed by atoms with Gasteiger partial charge in [0.2, 0.25) is 0 Å². The molecule has 1 unspecified atom stereocenters. The van der Waals surface area contributed by atoms with Crippen LogP contribution >= 0.6 is 39.1 Å². The molecule has 0 aromatic heterocycles. The molecule has 0 aliphatic carbocycles. The number of halogens is 5. The number of hydrogen-bond acceptors (Lipinski definition) is 0. The number of alkyl halides is 1. The van der Waals surface area contributed by atoms with E-state index >= 15 is 0 Å². The first-order chi connectivity index (χ1) is 8.90. The van der Waals surface area contributed by atoms with Gasteiger partial charge in [-0.2, -0.15) is 0 Å². The van der Waals surface area contributed by atoms with E-state index in [2.05, 4.69) is 15.9 Å². The molecular formula is C14H9BrCl2F2. The highest BCUT2D eigenvalue weighted by molar-refractivity contribution is 9.09. The Balaban J connectivity index is 2.46. The summed E-state index contributed by atoms with van der Waals surface area (Å²) in [4.78, 5) is -0.354. The molecule has 2 aromatic rings. The second kappa shape index (κ2) is 5.78. The Bertz CT molecular complexity index is 629. The molecule has 0 fully saturated rings. The van der Waals surface area contributed by atoms with Crippen molar-refractivity contribution in [3.05, 3.63) is 68.7 Å². The van der Waals surface area contributed by atoms with E-state index in [-0.39, 0.29) is 9.85 Å². The van der Waals surface area contributed by atoms with Crippen molar-refractivity contribution in [3.8, 4) is 0 Å². The van der Waals surface area contributed by atoms with E-state index in [1.807, 2.05) is 19.1 Å². The van der Waals surface area contributed by atoms with E-state index in [9.17, 15) is 8.78 Å². The van der Waals surface area contributed by atoms with E-state index in [1.54, 1.807) is 6.07 Å². The van der Waals surface area contributed by atoms with Gasteiger partial charge in [0.25, 0.3) is 0 Å². The molecule has 0 spiro atoms. The Kier molecular flexibility index (Phi) is 4.49. The van der Waals surface area contributed by atoms with Gasteiger partial charge in [0.15, 0.2) is 11.6 Å². The molecular weight excluding hydrogens is 357 g/mol. The monoisotopic (exact) mass is 364 g/mol. The zero-order valence-corrected chi connectivity index (χ0v) is 13.0. The van der Waals surface area contributed by atoms with Crippen LogP contribution < -0.4 is 0 Å². The Morgan fingerprint density at radius 3 is 2.26 bits per heavy atom. The molecule has 0 saturated heterocycles. The fraction of sp³-hybridized carbons (Fsp3) is 0.143. The summed E-state index contributed by atoms with van der Waals surface area (Å²) < 4.78 is 26.3. The van der Waals surface area contributed by atoms with Gasteiger partial charge in [0, 0.05) is 10.0 Å². The van der Waals surface area contributed by atoms with Crippen LogP contribution in [0.2, 0.25) is 10.0 Å². The summed E-state index contributed by atoms with van der Waals surface area (Å²) in [6.07, 6.45) is 0. The predicted molar refractivity (Wildman–Crippen MR) is 78.3 cm³/mol. The van der Waals surface area contributed by atoms with Crippen LogP contribution in [0.3, 0.4) is 0 Å². The maximum atomic E-state index is 13.3. The molecule has 100 valence electrons. The fourth-order valence-electron chi connectivity index (χ4n) is 1.68. The molecule has 0 N–H and O–H groups in total. The van der Waals surface area contributed by atoms with Crippen LogP contribution in [0.1, 0.15) is 21.5 Å². The van der Waals surface area contributed by atoms with Crippen LogP contribution in [0.25, 0.3) is 0 Å². The lowest BCUT2D eigenvalue weighted by Crippen LogP contribution is -1.97. The zero-order chi connectivity index (χ0) is 14.2. The number of rotatable bonds is 2. The third-order valence-corrected chi connectivity index (χ3v) is 4.56. The summed E-state index contributed by atoms with van der Waals surface area (Å²) in [5.74, 6) is -1.89. The average Bonchev–Trinajstić information content (AvgIpc) is 2.36. The second-order valence-corrected chi connectivity index (χ2v) is 5.89. The van der Waals surface area contributed by atoms with Crippen molar-refractivity contribution in [1.29, 1.82) is 0 Å². The van der Waals surface area contributed by atoms with Gasteiger partial charge in [-0.05, 0) is 41.8 Å². The fourth-order valence-corrected chi connectivity index (χ4v) is 2.92. The molecule has 0 radical (unpaired) electrons. The molecule has 0 aliphatic heterocycles. The first-order valence-corrected chi connectivity index (χ1v) is 7.12. The summed E-state index contributed by atoms with van der Waals surface area (Å²) in [6.45, 7) is 1.89. The third-order valence-electron chi connectivity index (χ3n) is 2.80. The molecule has 5 heteroatoms. The van der Waals surface area contributed by atoms with E-state index < -0.39 is 11.6 Å². The Morgan fingerprint density at radius 1 is 1.00 bits per heavy atom. The van der Waals surface area contributed by atoms with Crippen molar-refractivity contribution < 1.29 is 8.78 Å². The average molecular weight is 366 g/mol. The first-order valence-electron chi connectivity index (χ1n) is 5.44. The van der Waals surface area contributed by atoms with E-state index in [1.165, 1.54) is 0 Å². The van der Waals surface area contributed by atoms with Gasteiger partial charge in [0.1, 0.15) is 0 Å². The largest absolute Gasteiger partial charge is 0.204 e. The molecule has 2 aromatic carbocycles. The summed E-state index contributed by atoms with van der Waals surface area (Å²) in [7, 11) is 0. The zero-order valence-electron chi connectivity index (χ0n) is 9.85. The third kappa shape index (κ3) is 3.10. The van der Waals surface area contributed by atoms with Crippen LogP contribution in [0, 0.1) is 18.6 Å². The van der Waals surface area contributed by atoms with Crippen LogP contribution in [0.15, 0.2) is 30.3 Å². The van der Waals surface area contributed by atoms with Gasteiger partial charge in [-0.25, -0.2) is 8.78 Å². The highest BCUT2D eigenvalue weighted by atomic mass is 79.9. The quantitative estimate of drug-likeness (QED) is 0.448. The van der Waals surface area contributed by atoms with Crippen molar-refractivity contribution in [2.75, 3.05) is 0 Å². The lowest BCUT2D eigenvalue weighted by molar-refractivity contribution is 0.507. The topological polar surface area (TPSA) is 0 Å². The van der Waals surface area contributed by atoms with Crippen LogP contribution in [-0.2, 0) is 0 Å². The molecule has 0 amide bonds. The van der Waals surface area contributed by atoms with Gasteiger partial charge in [-0.1, -0.05) is 51.3 Å². The normalized spacial score (nSPS) is 12.5.